The van der Waals surface area contributed by atoms with Gasteiger partial charge in [-0.1, -0.05) is 24.3 Å². The Labute approximate surface area is 280 Å². The zero-order valence-electron chi connectivity index (χ0n) is 25.1. The van der Waals surface area contributed by atoms with Gasteiger partial charge in [0.2, 0.25) is 0 Å². The van der Waals surface area contributed by atoms with Gasteiger partial charge >= 0.3 is 36.7 Å². The molecule has 0 aliphatic heterocycles. The number of rotatable bonds is 12. The van der Waals surface area contributed by atoms with E-state index in [-0.39, 0.29) is 19.5 Å². The van der Waals surface area contributed by atoms with Crippen molar-refractivity contribution in [1.29, 1.82) is 0 Å². The van der Waals surface area contributed by atoms with Gasteiger partial charge in [-0.05, 0) is 67.2 Å². The van der Waals surface area contributed by atoms with Crippen molar-refractivity contribution in [2.75, 3.05) is 39.6 Å². The van der Waals surface area contributed by atoms with Crippen molar-refractivity contribution in [3.05, 3.63) is 24.3 Å². The molecule has 18 nitrogen and oxygen atoms in total. The molecule has 0 unspecified atom stereocenters. The van der Waals surface area contributed by atoms with E-state index in [1.54, 1.807) is 0 Å². The van der Waals surface area contributed by atoms with E-state index < -0.39 is 47.9 Å². The summed E-state index contributed by atoms with van der Waals surface area (Å²) in [6.45, 7) is 15.4. The molecular weight excluding hydrogens is 799 g/mol. The van der Waals surface area contributed by atoms with Crippen molar-refractivity contribution in [3.8, 4) is 0 Å². The normalized spacial score (nSPS) is 13.4. The van der Waals surface area contributed by atoms with E-state index in [1.807, 2.05) is 41.5 Å². The Morgan fingerprint density at radius 2 is 0.500 bits per heavy atom. The van der Waals surface area contributed by atoms with Crippen LogP contribution in [0.1, 0.15) is 67.2 Å². The van der Waals surface area contributed by atoms with Gasteiger partial charge in [0, 0.05) is 0 Å². The minimum atomic E-state index is -4.94. The third kappa shape index (κ3) is 104. The molecule has 0 fully saturated rings. The van der Waals surface area contributed by atoms with Crippen molar-refractivity contribution in [2.24, 2.45) is 0 Å². The van der Waals surface area contributed by atoms with Gasteiger partial charge in [-0.3, -0.25) is 0 Å². The quantitative estimate of drug-likeness (QED) is 0.100. The van der Waals surface area contributed by atoms with Crippen LogP contribution in [0.5, 0.6) is 0 Å². The van der Waals surface area contributed by atoms with Gasteiger partial charge in [0.05, 0.1) is 39.6 Å². The van der Waals surface area contributed by atoms with E-state index in [9.17, 15) is 0 Å². The molecule has 0 atom stereocenters. The van der Waals surface area contributed by atoms with Crippen molar-refractivity contribution in [1.82, 2.24) is 0 Å². The van der Waals surface area contributed by atoms with E-state index in [4.69, 9.17) is 83.1 Å². The summed E-state index contributed by atoms with van der Waals surface area (Å²) >= 11 is 0. The summed E-state index contributed by atoms with van der Waals surface area (Å²) in [5, 5.41) is 0. The van der Waals surface area contributed by atoms with E-state index in [0.717, 1.165) is 0 Å². The van der Waals surface area contributed by atoms with Gasteiger partial charge in [-0.15, -0.1) is 30.7 Å². The molecule has 0 radical (unpaired) electrons. The van der Waals surface area contributed by atoms with Gasteiger partial charge in [0.15, 0.2) is 0 Å². The molecule has 270 valence electrons. The Balaban J connectivity index is -0.000000101. The van der Waals surface area contributed by atoms with Crippen LogP contribution in [0.4, 0.5) is 0 Å². The summed E-state index contributed by atoms with van der Waals surface area (Å²) in [4.78, 5) is 0. The third-order valence-electron chi connectivity index (χ3n) is 2.74. The van der Waals surface area contributed by atoms with Crippen LogP contribution in [-0.4, -0.2) is 39.6 Å². The molecule has 0 aromatic heterocycles. The maximum absolute atomic E-state index is 8.49. The van der Waals surface area contributed by atoms with Crippen LogP contribution in [-0.2, 0) is 46.6 Å². The molecule has 24 heteroatoms. The SMILES string of the molecule is C1=CCC/C=C\CC1.CCOP(OCC)OCC.CCOP(OCC)OCC.[O-][Cl+3]([O-])([O-])[O-].[O-][Cl+3]([O-])([O-])[O-].[O-][Cl+3]([O-])([O-])[O-].[Rh+3]. The first-order valence-electron chi connectivity index (χ1n) is 12.2. The fourth-order valence-electron chi connectivity index (χ4n) is 1.71. The molecule has 0 aromatic carbocycles. The molecular formula is C20H42Cl3O18P2Rh. The minimum Gasteiger partial charge on any atom is -0.313 e. The molecule has 44 heavy (non-hydrogen) atoms. The van der Waals surface area contributed by atoms with E-state index >= 15 is 0 Å². The molecule has 1 aliphatic carbocycles. The average molecular weight is 842 g/mol. The largest absolute Gasteiger partial charge is 3.00 e. The smallest absolute Gasteiger partial charge is 0.313 e. The zero-order chi connectivity index (χ0) is 34.8. The van der Waals surface area contributed by atoms with Gasteiger partial charge in [-0.25, -0.2) is 55.9 Å². The summed E-state index contributed by atoms with van der Waals surface area (Å²) in [6.07, 6.45) is 14.0. The topological polar surface area (TPSA) is 332 Å². The molecule has 1 rings (SSSR count). The number of hydrogen-bond acceptors (Lipinski definition) is 18. The summed E-state index contributed by atoms with van der Waals surface area (Å²) in [6, 6.07) is 0. The fraction of sp³-hybridized carbons (Fsp3) is 0.800. The van der Waals surface area contributed by atoms with Crippen molar-refractivity contribution < 1.29 is 133 Å². The predicted octanol–water partition coefficient (Wildman–Crippen LogP) is -6.95. The molecule has 1 aliphatic rings. The molecule has 0 aromatic rings. The molecule has 0 spiro atoms. The zero-order valence-corrected chi connectivity index (χ0v) is 30.8. The Kier molecular flexibility index (Phi) is 52.5. The Hall–Kier alpha value is 1.11. The third-order valence-corrected chi connectivity index (χ3v) is 5.55. The van der Waals surface area contributed by atoms with Crippen molar-refractivity contribution >= 4 is 17.2 Å². The van der Waals surface area contributed by atoms with Gasteiger partial charge < -0.3 is 27.1 Å². The van der Waals surface area contributed by atoms with Crippen molar-refractivity contribution in [3.63, 3.8) is 0 Å². The van der Waals surface area contributed by atoms with Crippen LogP contribution >= 0.6 is 17.2 Å². The molecule has 0 heterocycles. The van der Waals surface area contributed by atoms with E-state index in [1.165, 1.54) is 25.7 Å². The maximum atomic E-state index is 8.49. The molecule has 0 amide bonds. The summed E-state index contributed by atoms with van der Waals surface area (Å²) in [5.74, 6) is 0. The first-order chi connectivity index (χ1) is 19.7. The first kappa shape index (κ1) is 57.4. The summed E-state index contributed by atoms with van der Waals surface area (Å²) in [7, 11) is -17.0. The second-order valence-electron chi connectivity index (χ2n) is 6.19. The van der Waals surface area contributed by atoms with Gasteiger partial charge in [0.25, 0.3) is 0 Å². The average Bonchev–Trinajstić information content (AvgIpc) is 2.77. The maximum Gasteiger partial charge on any atom is 3.00 e. The molecule has 0 saturated heterocycles. The first-order valence-corrected chi connectivity index (χ1v) is 18.1. The Morgan fingerprint density at radius 1 is 0.386 bits per heavy atom. The Bertz CT molecular complexity index is 481. The van der Waals surface area contributed by atoms with Crippen LogP contribution in [0.15, 0.2) is 24.3 Å². The second kappa shape index (κ2) is 40.3. The minimum absolute atomic E-state index is 0. The summed E-state index contributed by atoms with van der Waals surface area (Å²) in [5.41, 5.74) is 0. The van der Waals surface area contributed by atoms with Crippen LogP contribution in [0, 0.1) is 30.7 Å². The number of halogens is 3. The molecule has 0 saturated carbocycles. The summed E-state index contributed by atoms with van der Waals surface area (Å²) < 4.78 is 133. The van der Waals surface area contributed by atoms with Crippen LogP contribution in [0.2, 0.25) is 0 Å². The number of allylic oxidation sites excluding steroid dienone is 4. The van der Waals surface area contributed by atoms with Crippen molar-refractivity contribution in [2.45, 2.75) is 67.2 Å². The van der Waals surface area contributed by atoms with Crippen LogP contribution in [0.3, 0.4) is 0 Å². The van der Waals surface area contributed by atoms with Gasteiger partial charge in [0.1, 0.15) is 0 Å². The van der Waals surface area contributed by atoms with Gasteiger partial charge in [-0.2, -0.15) is 0 Å². The van der Waals surface area contributed by atoms with E-state index in [2.05, 4.69) is 24.3 Å². The number of hydrogen-bond donors (Lipinski definition) is 0. The molecule has 0 N–H and O–H groups in total. The molecule has 0 bridgehead atoms. The van der Waals surface area contributed by atoms with Crippen LogP contribution < -0.4 is 55.9 Å². The van der Waals surface area contributed by atoms with Crippen LogP contribution in [0.25, 0.3) is 0 Å². The Morgan fingerprint density at radius 3 is 0.591 bits per heavy atom. The predicted molar refractivity (Wildman–Crippen MR) is 120 cm³/mol. The second-order valence-corrected chi connectivity index (χ2v) is 10.9. The monoisotopic (exact) mass is 840 g/mol. The standard InChI is InChI=1S/C8H12.2C6H15O3P.3ClHO4.Rh/c1-2-4-6-8-7-5-3-1;2*1-4-7-10(8-5-2)9-6-3;3*2-1(3,4)5;/h1-2,7-8H,3-6H2;2*4-6H2,1-3H3;3*(H,2,3,4,5);/q;;;;;;+3/p-3/b2-1-,8-7?;;;;;;. The fourth-order valence-corrected chi connectivity index (χ4v) is 3.42. The van der Waals surface area contributed by atoms with E-state index in [0.29, 0.717) is 39.6 Å².